The molecule has 0 aromatic heterocycles. The van der Waals surface area contributed by atoms with E-state index in [2.05, 4.69) is 29.2 Å². The third-order valence-corrected chi connectivity index (χ3v) is 8.43. The molecule has 38 heavy (non-hydrogen) atoms. The SMILES string of the molecule is CSc1ccc(C2=C(c3ccc(CC4CN(CCCF)C4)cc3)c3ccc(C(=O)O)cc3CCC2)c(F)c1. The number of hydrogen-bond acceptors (Lipinski definition) is 3. The summed E-state index contributed by atoms with van der Waals surface area (Å²) in [6, 6.07) is 19.3. The van der Waals surface area contributed by atoms with Crippen molar-refractivity contribution in [1.82, 2.24) is 4.90 Å². The van der Waals surface area contributed by atoms with E-state index < -0.39 is 5.97 Å². The molecule has 1 aliphatic heterocycles. The van der Waals surface area contributed by atoms with Gasteiger partial charge in [0.2, 0.25) is 0 Å². The lowest BCUT2D eigenvalue weighted by Crippen LogP contribution is -2.47. The van der Waals surface area contributed by atoms with Crippen LogP contribution in [0, 0.1) is 11.7 Å². The zero-order valence-electron chi connectivity index (χ0n) is 21.7. The minimum atomic E-state index is -0.940. The minimum absolute atomic E-state index is 0.228. The second-order valence-corrected chi connectivity index (χ2v) is 11.2. The summed E-state index contributed by atoms with van der Waals surface area (Å²) < 4.78 is 27.8. The average molecular weight is 534 g/mol. The Bertz CT molecular complexity index is 1350. The topological polar surface area (TPSA) is 40.5 Å². The van der Waals surface area contributed by atoms with E-state index in [0.29, 0.717) is 24.3 Å². The second kappa shape index (κ2) is 11.8. The number of aromatic carboxylic acids is 1. The molecule has 3 aromatic rings. The molecular weight excluding hydrogens is 500 g/mol. The van der Waals surface area contributed by atoms with Crippen molar-refractivity contribution in [1.29, 1.82) is 0 Å². The van der Waals surface area contributed by atoms with E-state index >= 15 is 4.39 Å². The highest BCUT2D eigenvalue weighted by Gasteiger charge is 2.27. The Kier molecular flexibility index (Phi) is 8.29. The highest BCUT2D eigenvalue weighted by atomic mass is 32.2. The Morgan fingerprint density at radius 1 is 1.03 bits per heavy atom. The molecule has 5 rings (SSSR count). The van der Waals surface area contributed by atoms with Crippen molar-refractivity contribution in [2.45, 2.75) is 37.0 Å². The normalized spacial score (nSPS) is 16.2. The number of likely N-dealkylation sites (tertiary alicyclic amines) is 1. The summed E-state index contributed by atoms with van der Waals surface area (Å²) >= 11 is 1.52. The van der Waals surface area contributed by atoms with Gasteiger partial charge >= 0.3 is 5.97 Å². The van der Waals surface area contributed by atoms with E-state index in [1.54, 1.807) is 18.2 Å². The zero-order chi connectivity index (χ0) is 26.6. The van der Waals surface area contributed by atoms with Gasteiger partial charge in [0, 0.05) is 30.1 Å². The van der Waals surface area contributed by atoms with Crippen LogP contribution in [0.5, 0.6) is 0 Å². The first-order valence-electron chi connectivity index (χ1n) is 13.3. The van der Waals surface area contributed by atoms with Crippen molar-refractivity contribution in [3.8, 4) is 0 Å². The fourth-order valence-electron chi connectivity index (χ4n) is 5.80. The van der Waals surface area contributed by atoms with E-state index in [1.807, 2.05) is 24.5 Å². The molecule has 198 valence electrons. The van der Waals surface area contributed by atoms with Crippen LogP contribution < -0.4 is 0 Å². The molecule has 0 radical (unpaired) electrons. The minimum Gasteiger partial charge on any atom is -0.478 e. The van der Waals surface area contributed by atoms with E-state index in [9.17, 15) is 14.3 Å². The molecule has 0 spiro atoms. The van der Waals surface area contributed by atoms with Crippen LogP contribution in [0.15, 0.2) is 65.6 Å². The molecule has 3 nitrogen and oxygen atoms in total. The number of thioether (sulfide) groups is 1. The number of benzene rings is 3. The van der Waals surface area contributed by atoms with Crippen molar-refractivity contribution in [3.05, 3.63) is 99.9 Å². The molecule has 0 unspecified atom stereocenters. The largest absolute Gasteiger partial charge is 0.478 e. The van der Waals surface area contributed by atoms with Crippen LogP contribution in [0.4, 0.5) is 8.78 Å². The van der Waals surface area contributed by atoms with Crippen LogP contribution in [0.25, 0.3) is 11.1 Å². The third kappa shape index (κ3) is 5.71. The Morgan fingerprint density at radius 3 is 2.47 bits per heavy atom. The maximum atomic E-state index is 15.4. The van der Waals surface area contributed by atoms with Crippen molar-refractivity contribution >= 4 is 28.9 Å². The van der Waals surface area contributed by atoms with Gasteiger partial charge in [-0.3, -0.25) is 4.39 Å². The van der Waals surface area contributed by atoms with Gasteiger partial charge in [0.25, 0.3) is 0 Å². The average Bonchev–Trinajstić information content (AvgIpc) is 3.09. The van der Waals surface area contributed by atoms with Gasteiger partial charge in [0.15, 0.2) is 0 Å². The molecule has 1 saturated heterocycles. The summed E-state index contributed by atoms with van der Waals surface area (Å²) in [7, 11) is 0. The zero-order valence-corrected chi connectivity index (χ0v) is 22.5. The Labute approximate surface area is 227 Å². The molecule has 3 aromatic carbocycles. The van der Waals surface area contributed by atoms with E-state index in [0.717, 1.165) is 71.6 Å². The second-order valence-electron chi connectivity index (χ2n) is 10.3. The van der Waals surface area contributed by atoms with Gasteiger partial charge < -0.3 is 10.0 Å². The number of carbonyl (C=O) groups is 1. The number of carboxylic acid groups (broad SMARTS) is 1. The predicted molar refractivity (Wildman–Crippen MR) is 151 cm³/mol. The number of aryl methyl sites for hydroxylation is 1. The van der Waals surface area contributed by atoms with Gasteiger partial charge in [-0.15, -0.1) is 11.8 Å². The van der Waals surface area contributed by atoms with E-state index in [1.165, 1.54) is 17.3 Å². The summed E-state index contributed by atoms with van der Waals surface area (Å²) in [5.74, 6) is -0.577. The van der Waals surface area contributed by atoms with Crippen LogP contribution >= 0.6 is 11.8 Å². The van der Waals surface area contributed by atoms with Crippen LogP contribution in [0.2, 0.25) is 0 Å². The van der Waals surface area contributed by atoms with Crippen molar-refractivity contribution in [3.63, 3.8) is 0 Å². The Balaban J connectivity index is 1.51. The number of nitrogens with zero attached hydrogens (tertiary/aromatic N) is 1. The lowest BCUT2D eigenvalue weighted by molar-refractivity contribution is 0.0696. The monoisotopic (exact) mass is 533 g/mol. The number of allylic oxidation sites excluding steroid dienone is 1. The van der Waals surface area contributed by atoms with Gasteiger partial charge in [-0.2, -0.15) is 0 Å². The van der Waals surface area contributed by atoms with Crippen LogP contribution in [0.1, 0.15) is 57.4 Å². The number of carboxylic acids is 1. The lowest BCUT2D eigenvalue weighted by atomic mass is 9.86. The summed E-state index contributed by atoms with van der Waals surface area (Å²) in [6.45, 7) is 2.61. The molecule has 1 aliphatic carbocycles. The van der Waals surface area contributed by atoms with Gasteiger partial charge in [-0.25, -0.2) is 9.18 Å². The maximum absolute atomic E-state index is 15.4. The quantitative estimate of drug-likeness (QED) is 0.292. The molecule has 1 heterocycles. The fourth-order valence-corrected chi connectivity index (χ4v) is 6.23. The highest BCUT2D eigenvalue weighted by molar-refractivity contribution is 7.98. The van der Waals surface area contributed by atoms with Crippen molar-refractivity contribution < 1.29 is 18.7 Å². The first kappa shape index (κ1) is 26.6. The summed E-state index contributed by atoms with van der Waals surface area (Å²) in [5.41, 5.74) is 7.08. The molecule has 1 N–H and O–H groups in total. The van der Waals surface area contributed by atoms with Gasteiger partial charge in [-0.1, -0.05) is 36.4 Å². The van der Waals surface area contributed by atoms with Crippen LogP contribution in [-0.4, -0.2) is 48.5 Å². The maximum Gasteiger partial charge on any atom is 0.335 e. The number of halogens is 2. The smallest absolute Gasteiger partial charge is 0.335 e. The molecule has 6 heteroatoms. The number of hydrogen-bond donors (Lipinski definition) is 1. The predicted octanol–water partition coefficient (Wildman–Crippen LogP) is 7.38. The van der Waals surface area contributed by atoms with E-state index in [-0.39, 0.29) is 18.1 Å². The van der Waals surface area contributed by atoms with Gasteiger partial charge in [0.05, 0.1) is 12.2 Å². The summed E-state index contributed by atoms with van der Waals surface area (Å²) in [6.07, 6.45) is 5.80. The van der Waals surface area contributed by atoms with Gasteiger partial charge in [-0.05, 0) is 102 Å². The number of alkyl halides is 1. The Hall–Kier alpha value is -2.96. The first-order valence-corrected chi connectivity index (χ1v) is 14.5. The van der Waals surface area contributed by atoms with Crippen molar-refractivity contribution in [2.75, 3.05) is 32.6 Å². The fraction of sp³-hybridized carbons (Fsp3) is 0.344. The molecule has 0 atom stereocenters. The molecule has 1 fully saturated rings. The molecule has 2 aliphatic rings. The van der Waals surface area contributed by atoms with Crippen LogP contribution in [-0.2, 0) is 12.8 Å². The molecule has 0 bridgehead atoms. The Morgan fingerprint density at radius 2 is 1.79 bits per heavy atom. The summed E-state index contributed by atoms with van der Waals surface area (Å²) in [5, 5.41) is 9.56. The van der Waals surface area contributed by atoms with Crippen LogP contribution in [0.3, 0.4) is 0 Å². The standard InChI is InChI=1S/C32H33F2NO2S/c1-38-26-11-13-28(30(34)18-26)29-5-2-4-24-17-25(32(36)37)10-12-27(24)31(29)23-8-6-21(7-9-23)16-22-19-35(20-22)15-3-14-33/h6-13,17-18,22H,2-5,14-16,19-20H2,1H3,(H,36,37). The molecule has 0 saturated carbocycles. The number of rotatable bonds is 9. The molecule has 0 amide bonds. The molecular formula is C32H33F2NO2S. The lowest BCUT2D eigenvalue weighted by Gasteiger charge is -2.39. The summed E-state index contributed by atoms with van der Waals surface area (Å²) in [4.78, 5) is 14.9. The number of fused-ring (bicyclic) bond motifs is 1. The van der Waals surface area contributed by atoms with Crippen molar-refractivity contribution in [2.24, 2.45) is 5.92 Å². The van der Waals surface area contributed by atoms with Gasteiger partial charge in [0.1, 0.15) is 5.82 Å². The van der Waals surface area contributed by atoms with E-state index in [4.69, 9.17) is 0 Å². The highest BCUT2D eigenvalue weighted by Crippen LogP contribution is 2.41. The first-order chi connectivity index (χ1) is 18.5. The third-order valence-electron chi connectivity index (χ3n) is 7.71.